The molecule has 0 aliphatic rings. The standard InChI is InChI=1S/C11H12ClF4NO3S/c1-6(4-11(14,15)16)17-21(19,20)8-2-7(5-18)10(12)9(13)3-8/h2-3,6,17-18H,4-5H2,1H3. The molecule has 0 spiro atoms. The van der Waals surface area contributed by atoms with Crippen LogP contribution < -0.4 is 4.72 Å². The molecule has 0 aliphatic carbocycles. The van der Waals surface area contributed by atoms with Gasteiger partial charge in [-0.15, -0.1) is 0 Å². The number of sulfonamides is 1. The summed E-state index contributed by atoms with van der Waals surface area (Å²) in [5, 5.41) is 8.51. The minimum absolute atomic E-state index is 0.180. The summed E-state index contributed by atoms with van der Waals surface area (Å²) in [5.41, 5.74) is -0.180. The summed E-state index contributed by atoms with van der Waals surface area (Å²) >= 11 is 5.51. The van der Waals surface area contributed by atoms with Crippen LogP contribution in [0.3, 0.4) is 0 Å². The van der Waals surface area contributed by atoms with Crippen LogP contribution in [0.4, 0.5) is 17.6 Å². The predicted molar refractivity (Wildman–Crippen MR) is 67.8 cm³/mol. The summed E-state index contributed by atoms with van der Waals surface area (Å²) in [6.45, 7) is 0.321. The highest BCUT2D eigenvalue weighted by Crippen LogP contribution is 2.26. The lowest BCUT2D eigenvalue weighted by Gasteiger charge is -2.16. The molecule has 0 aliphatic heterocycles. The van der Waals surface area contributed by atoms with Gasteiger partial charge in [0, 0.05) is 11.6 Å². The van der Waals surface area contributed by atoms with Crippen molar-refractivity contribution >= 4 is 21.6 Å². The first-order valence-corrected chi connectivity index (χ1v) is 7.50. The third kappa shape index (κ3) is 5.10. The molecule has 1 aromatic carbocycles. The van der Waals surface area contributed by atoms with Crippen LogP contribution in [0.15, 0.2) is 17.0 Å². The van der Waals surface area contributed by atoms with Crippen molar-refractivity contribution in [3.05, 3.63) is 28.5 Å². The van der Waals surface area contributed by atoms with Crippen LogP contribution in [-0.2, 0) is 16.6 Å². The van der Waals surface area contributed by atoms with Gasteiger partial charge in [-0.05, 0) is 19.1 Å². The van der Waals surface area contributed by atoms with Gasteiger partial charge in [0.2, 0.25) is 10.0 Å². The van der Waals surface area contributed by atoms with Crippen molar-refractivity contribution in [3.8, 4) is 0 Å². The van der Waals surface area contributed by atoms with E-state index >= 15 is 0 Å². The maximum absolute atomic E-state index is 13.5. The van der Waals surface area contributed by atoms with Crippen molar-refractivity contribution in [2.75, 3.05) is 0 Å². The quantitative estimate of drug-likeness (QED) is 0.803. The van der Waals surface area contributed by atoms with Crippen LogP contribution >= 0.6 is 11.6 Å². The lowest BCUT2D eigenvalue weighted by molar-refractivity contribution is -0.137. The van der Waals surface area contributed by atoms with Gasteiger partial charge in [-0.1, -0.05) is 11.6 Å². The molecule has 1 unspecified atom stereocenters. The van der Waals surface area contributed by atoms with Crippen LogP contribution in [-0.4, -0.2) is 25.7 Å². The highest BCUT2D eigenvalue weighted by molar-refractivity contribution is 7.89. The van der Waals surface area contributed by atoms with Crippen molar-refractivity contribution in [1.29, 1.82) is 0 Å². The zero-order chi connectivity index (χ0) is 16.4. The van der Waals surface area contributed by atoms with E-state index in [9.17, 15) is 26.0 Å². The van der Waals surface area contributed by atoms with Gasteiger partial charge in [-0.2, -0.15) is 13.2 Å². The fourth-order valence-corrected chi connectivity index (χ4v) is 3.08. The number of rotatable bonds is 5. The maximum Gasteiger partial charge on any atom is 0.390 e. The topological polar surface area (TPSA) is 66.4 Å². The second-order valence-corrected chi connectivity index (χ2v) is 6.47. The van der Waals surface area contributed by atoms with E-state index in [4.69, 9.17) is 16.7 Å². The molecule has 120 valence electrons. The highest BCUT2D eigenvalue weighted by atomic mass is 35.5. The second-order valence-electron chi connectivity index (χ2n) is 4.38. The van der Waals surface area contributed by atoms with Crippen LogP contribution in [0.25, 0.3) is 0 Å². The molecule has 10 heteroatoms. The maximum atomic E-state index is 13.5. The highest BCUT2D eigenvalue weighted by Gasteiger charge is 2.32. The summed E-state index contributed by atoms with van der Waals surface area (Å²) in [5.74, 6) is -1.09. The van der Waals surface area contributed by atoms with Gasteiger partial charge < -0.3 is 5.11 Å². The Bertz CT molecular complexity index is 619. The van der Waals surface area contributed by atoms with E-state index in [-0.39, 0.29) is 5.56 Å². The minimum Gasteiger partial charge on any atom is -0.392 e. The number of aliphatic hydroxyl groups excluding tert-OH is 1. The molecule has 0 saturated heterocycles. The Morgan fingerprint density at radius 3 is 2.43 bits per heavy atom. The number of hydrogen-bond acceptors (Lipinski definition) is 3. The van der Waals surface area contributed by atoms with Crippen LogP contribution in [0, 0.1) is 5.82 Å². The van der Waals surface area contributed by atoms with Gasteiger partial charge >= 0.3 is 6.18 Å². The lowest BCUT2D eigenvalue weighted by Crippen LogP contribution is -2.36. The molecule has 1 atom stereocenters. The Kier molecular flexibility index (Phi) is 5.59. The first-order chi connectivity index (χ1) is 9.46. The summed E-state index contributed by atoms with van der Waals surface area (Å²) in [6.07, 6.45) is -5.90. The van der Waals surface area contributed by atoms with Crippen molar-refractivity contribution in [2.24, 2.45) is 0 Å². The Hall–Kier alpha value is -0.900. The molecule has 0 radical (unpaired) electrons. The van der Waals surface area contributed by atoms with E-state index in [0.717, 1.165) is 13.0 Å². The summed E-state index contributed by atoms with van der Waals surface area (Å²) in [6, 6.07) is 0.0457. The Morgan fingerprint density at radius 1 is 1.38 bits per heavy atom. The SMILES string of the molecule is CC(CC(F)(F)F)NS(=O)(=O)c1cc(F)c(Cl)c(CO)c1. The van der Waals surface area contributed by atoms with Crippen molar-refractivity contribution in [2.45, 2.75) is 37.1 Å². The molecular formula is C11H12ClF4NO3S. The van der Waals surface area contributed by atoms with Gasteiger partial charge in [-0.3, -0.25) is 0 Å². The molecule has 1 aromatic rings. The fraction of sp³-hybridized carbons (Fsp3) is 0.455. The molecule has 1 rings (SSSR count). The average Bonchev–Trinajstić information content (AvgIpc) is 2.28. The van der Waals surface area contributed by atoms with E-state index < -0.39 is 51.0 Å². The number of halogens is 5. The monoisotopic (exact) mass is 349 g/mol. The first kappa shape index (κ1) is 18.1. The summed E-state index contributed by atoms with van der Waals surface area (Å²) in [4.78, 5) is -0.609. The number of nitrogens with one attached hydrogen (secondary N) is 1. The molecule has 21 heavy (non-hydrogen) atoms. The Balaban J connectivity index is 3.06. The zero-order valence-corrected chi connectivity index (χ0v) is 12.3. The molecule has 2 N–H and O–H groups in total. The Labute approximate surface area is 123 Å². The van der Waals surface area contributed by atoms with Crippen molar-refractivity contribution in [1.82, 2.24) is 4.72 Å². The van der Waals surface area contributed by atoms with Gasteiger partial charge in [0.05, 0.1) is 22.9 Å². The van der Waals surface area contributed by atoms with E-state index in [0.29, 0.717) is 6.07 Å². The minimum atomic E-state index is -4.54. The van der Waals surface area contributed by atoms with Gasteiger partial charge in [-0.25, -0.2) is 17.5 Å². The number of benzene rings is 1. The van der Waals surface area contributed by atoms with E-state index in [2.05, 4.69) is 0 Å². The average molecular weight is 350 g/mol. The normalized spacial score (nSPS) is 14.2. The molecule has 0 fully saturated rings. The smallest absolute Gasteiger partial charge is 0.390 e. The van der Waals surface area contributed by atoms with Crippen LogP contribution in [0.5, 0.6) is 0 Å². The van der Waals surface area contributed by atoms with Crippen LogP contribution in [0.2, 0.25) is 5.02 Å². The molecule has 4 nitrogen and oxygen atoms in total. The lowest BCUT2D eigenvalue weighted by atomic mass is 10.2. The van der Waals surface area contributed by atoms with Crippen LogP contribution in [0.1, 0.15) is 18.9 Å². The molecule has 0 aromatic heterocycles. The van der Waals surface area contributed by atoms with E-state index in [1.807, 2.05) is 0 Å². The predicted octanol–water partition coefficient (Wildman–Crippen LogP) is 2.59. The van der Waals surface area contributed by atoms with Gasteiger partial charge in [0.1, 0.15) is 5.82 Å². The summed E-state index contributed by atoms with van der Waals surface area (Å²) < 4.78 is 75.5. The fourth-order valence-electron chi connectivity index (χ4n) is 1.61. The Morgan fingerprint density at radius 2 is 1.95 bits per heavy atom. The molecule has 0 bridgehead atoms. The van der Waals surface area contributed by atoms with Gasteiger partial charge in [0.25, 0.3) is 0 Å². The third-order valence-corrected chi connectivity index (χ3v) is 4.44. The third-order valence-electron chi connectivity index (χ3n) is 2.45. The second kappa shape index (κ2) is 6.47. The van der Waals surface area contributed by atoms with E-state index in [1.54, 1.807) is 4.72 Å². The first-order valence-electron chi connectivity index (χ1n) is 5.64. The zero-order valence-electron chi connectivity index (χ0n) is 10.7. The largest absolute Gasteiger partial charge is 0.392 e. The van der Waals surface area contributed by atoms with Gasteiger partial charge in [0.15, 0.2) is 0 Å². The summed E-state index contributed by atoms with van der Waals surface area (Å²) in [7, 11) is -4.36. The number of aliphatic hydroxyl groups is 1. The number of alkyl halides is 3. The molecule has 0 amide bonds. The molecule has 0 saturated carbocycles. The van der Waals surface area contributed by atoms with Crippen molar-refractivity contribution < 1.29 is 31.1 Å². The van der Waals surface area contributed by atoms with Crippen molar-refractivity contribution in [3.63, 3.8) is 0 Å². The number of hydrogen-bond donors (Lipinski definition) is 2. The van der Waals surface area contributed by atoms with E-state index in [1.165, 1.54) is 0 Å². The molecular weight excluding hydrogens is 338 g/mol. The molecule has 0 heterocycles.